The van der Waals surface area contributed by atoms with E-state index in [0.717, 1.165) is 12.8 Å². The molecule has 1 aliphatic heterocycles. The van der Waals surface area contributed by atoms with Gasteiger partial charge in [-0.1, -0.05) is 12.1 Å². The molecule has 0 unspecified atom stereocenters. The number of hydrogen-bond acceptors (Lipinski definition) is 5. The van der Waals surface area contributed by atoms with Crippen LogP contribution in [0.1, 0.15) is 23.2 Å². The monoisotopic (exact) mass is 443 g/mol. The Kier molecular flexibility index (Phi) is 4.14. The number of anilines is 2. The van der Waals surface area contributed by atoms with E-state index in [4.69, 9.17) is 0 Å². The molecule has 154 valence electrons. The first kappa shape index (κ1) is 19.0. The summed E-state index contributed by atoms with van der Waals surface area (Å²) in [6, 6.07) is 13.4. The number of amides is 1. The highest BCUT2D eigenvalue weighted by Crippen LogP contribution is 2.37. The van der Waals surface area contributed by atoms with Crippen molar-refractivity contribution in [2.45, 2.75) is 28.7 Å². The molecular formula is C20H17N3O5S2. The second-order valence-corrected chi connectivity index (χ2v) is 10.7. The molecule has 0 radical (unpaired) electrons. The summed E-state index contributed by atoms with van der Waals surface area (Å²) in [6.07, 6.45) is 1.65. The quantitative estimate of drug-likeness (QED) is 0.541. The first-order valence-electron chi connectivity index (χ1n) is 9.27. The number of benzene rings is 3. The van der Waals surface area contributed by atoms with Crippen molar-refractivity contribution in [3.63, 3.8) is 0 Å². The molecule has 1 heterocycles. The van der Waals surface area contributed by atoms with Gasteiger partial charge in [0.1, 0.15) is 0 Å². The molecule has 0 spiro atoms. The third-order valence-electron chi connectivity index (χ3n) is 5.10. The second kappa shape index (κ2) is 6.53. The molecule has 2 aliphatic rings. The molecule has 5 rings (SSSR count). The topological polar surface area (TPSA) is 121 Å². The summed E-state index contributed by atoms with van der Waals surface area (Å²) in [5.41, 5.74) is 1.23. The highest BCUT2D eigenvalue weighted by molar-refractivity contribution is 7.93. The summed E-state index contributed by atoms with van der Waals surface area (Å²) >= 11 is 0. The average molecular weight is 444 g/mol. The van der Waals surface area contributed by atoms with Crippen molar-refractivity contribution in [2.24, 2.45) is 0 Å². The smallest absolute Gasteiger partial charge is 0.262 e. The Bertz CT molecular complexity index is 1410. The highest BCUT2D eigenvalue weighted by atomic mass is 32.2. The number of carbonyl (C=O) groups excluding carboxylic acids is 1. The Balaban J connectivity index is 1.47. The van der Waals surface area contributed by atoms with Gasteiger partial charge in [-0.05, 0) is 55.3 Å². The molecule has 0 aromatic heterocycles. The van der Waals surface area contributed by atoms with Crippen LogP contribution in [0.3, 0.4) is 0 Å². The van der Waals surface area contributed by atoms with Gasteiger partial charge >= 0.3 is 0 Å². The van der Waals surface area contributed by atoms with E-state index in [2.05, 4.69) is 14.8 Å². The van der Waals surface area contributed by atoms with Gasteiger partial charge in [-0.25, -0.2) is 21.6 Å². The van der Waals surface area contributed by atoms with Gasteiger partial charge in [0.15, 0.2) is 0 Å². The van der Waals surface area contributed by atoms with E-state index >= 15 is 0 Å². The number of nitrogens with one attached hydrogen (secondary N) is 3. The summed E-state index contributed by atoms with van der Waals surface area (Å²) in [5.74, 6) is -0.269. The van der Waals surface area contributed by atoms with Crippen molar-refractivity contribution < 1.29 is 21.6 Å². The lowest BCUT2D eigenvalue weighted by atomic mass is 10.1. The predicted octanol–water partition coefficient (Wildman–Crippen LogP) is 2.65. The van der Waals surface area contributed by atoms with E-state index < -0.39 is 20.0 Å². The van der Waals surface area contributed by atoms with Crippen molar-refractivity contribution >= 4 is 48.1 Å². The van der Waals surface area contributed by atoms with Gasteiger partial charge in [0.2, 0.25) is 10.0 Å². The number of rotatable bonds is 6. The van der Waals surface area contributed by atoms with Gasteiger partial charge in [0, 0.05) is 33.8 Å². The maximum absolute atomic E-state index is 13.0. The fraction of sp³-hybridized carbons (Fsp3) is 0.150. The van der Waals surface area contributed by atoms with E-state index in [-0.39, 0.29) is 27.4 Å². The lowest BCUT2D eigenvalue weighted by Crippen LogP contribution is -2.25. The van der Waals surface area contributed by atoms with Gasteiger partial charge in [-0.15, -0.1) is 0 Å². The number of sulfonamides is 2. The van der Waals surface area contributed by atoms with Crippen LogP contribution in [0.4, 0.5) is 11.4 Å². The van der Waals surface area contributed by atoms with Crippen LogP contribution in [0, 0.1) is 0 Å². The van der Waals surface area contributed by atoms with Gasteiger partial charge in [-0.3, -0.25) is 9.52 Å². The molecule has 8 nitrogen and oxygen atoms in total. The molecule has 0 atom stereocenters. The minimum absolute atomic E-state index is 0.0154. The SMILES string of the molecule is O=C1Nc2ccc(S(=O)(=O)Nc3ccc(S(=O)(=O)NC4CC4)cc3)c3cccc1c23. The van der Waals surface area contributed by atoms with E-state index in [1.54, 1.807) is 24.3 Å². The van der Waals surface area contributed by atoms with Crippen LogP contribution in [0.15, 0.2) is 64.4 Å². The maximum atomic E-state index is 13.0. The van der Waals surface area contributed by atoms with E-state index in [0.29, 0.717) is 22.0 Å². The summed E-state index contributed by atoms with van der Waals surface area (Å²) < 4.78 is 55.6. The molecule has 3 aromatic carbocycles. The highest BCUT2D eigenvalue weighted by Gasteiger charge is 2.28. The van der Waals surface area contributed by atoms with Crippen LogP contribution in [-0.4, -0.2) is 28.8 Å². The Morgan fingerprint density at radius 3 is 2.30 bits per heavy atom. The molecule has 1 saturated carbocycles. The van der Waals surface area contributed by atoms with Crippen LogP contribution < -0.4 is 14.8 Å². The van der Waals surface area contributed by atoms with Crippen molar-refractivity contribution in [1.82, 2.24) is 4.72 Å². The zero-order valence-electron chi connectivity index (χ0n) is 15.5. The second-order valence-electron chi connectivity index (χ2n) is 7.32. The maximum Gasteiger partial charge on any atom is 0.262 e. The minimum atomic E-state index is -3.97. The Hall–Kier alpha value is -2.95. The lowest BCUT2D eigenvalue weighted by molar-refractivity contribution is 0.103. The van der Waals surface area contributed by atoms with Crippen molar-refractivity contribution in [3.05, 3.63) is 60.2 Å². The summed E-state index contributed by atoms with van der Waals surface area (Å²) in [5, 5.41) is 3.72. The molecule has 0 saturated heterocycles. The van der Waals surface area contributed by atoms with Crippen molar-refractivity contribution in [3.8, 4) is 0 Å². The molecular weight excluding hydrogens is 426 g/mol. The lowest BCUT2D eigenvalue weighted by Gasteiger charge is -2.12. The Morgan fingerprint density at radius 1 is 0.867 bits per heavy atom. The largest absolute Gasteiger partial charge is 0.321 e. The van der Waals surface area contributed by atoms with Gasteiger partial charge in [0.25, 0.3) is 15.9 Å². The average Bonchev–Trinajstić information content (AvgIpc) is 3.44. The van der Waals surface area contributed by atoms with E-state index in [9.17, 15) is 21.6 Å². The van der Waals surface area contributed by atoms with Crippen LogP contribution in [0.2, 0.25) is 0 Å². The third-order valence-corrected chi connectivity index (χ3v) is 8.07. The number of hydrogen-bond donors (Lipinski definition) is 3. The zero-order valence-corrected chi connectivity index (χ0v) is 17.2. The van der Waals surface area contributed by atoms with Crippen LogP contribution >= 0.6 is 0 Å². The molecule has 3 N–H and O–H groups in total. The van der Waals surface area contributed by atoms with Crippen LogP contribution in [-0.2, 0) is 20.0 Å². The summed E-state index contributed by atoms with van der Waals surface area (Å²) in [4.78, 5) is 12.2. The molecule has 30 heavy (non-hydrogen) atoms. The number of carbonyl (C=O) groups is 1. The fourth-order valence-corrected chi connectivity index (χ4v) is 6.07. The fourth-order valence-electron chi connectivity index (χ4n) is 3.50. The van der Waals surface area contributed by atoms with Gasteiger partial charge in [-0.2, -0.15) is 0 Å². The van der Waals surface area contributed by atoms with Gasteiger partial charge in [0.05, 0.1) is 9.79 Å². The first-order valence-corrected chi connectivity index (χ1v) is 12.2. The Morgan fingerprint density at radius 2 is 1.60 bits per heavy atom. The standard InChI is InChI=1S/C20H17N3O5S2/c24-20-16-3-1-2-15-18(11-10-17(21-20)19(15)16)30(27,28)23-13-6-8-14(9-7-13)29(25,26)22-12-4-5-12/h1-3,6-12,22-23H,4-5H2,(H,21,24). The Labute approximate surface area is 173 Å². The molecule has 1 fully saturated rings. The third kappa shape index (κ3) is 3.22. The molecule has 1 amide bonds. The van der Waals surface area contributed by atoms with Crippen LogP contribution in [0.5, 0.6) is 0 Å². The van der Waals surface area contributed by atoms with Crippen LogP contribution in [0.25, 0.3) is 10.8 Å². The normalized spacial score (nSPS) is 15.9. The zero-order chi connectivity index (χ0) is 21.1. The first-order chi connectivity index (χ1) is 14.2. The molecule has 1 aliphatic carbocycles. The van der Waals surface area contributed by atoms with Crippen molar-refractivity contribution in [1.29, 1.82) is 0 Å². The summed E-state index contributed by atoms with van der Waals surface area (Å²) in [7, 11) is -7.59. The summed E-state index contributed by atoms with van der Waals surface area (Å²) in [6.45, 7) is 0. The van der Waals surface area contributed by atoms with E-state index in [1.807, 2.05) is 0 Å². The predicted molar refractivity (Wildman–Crippen MR) is 112 cm³/mol. The molecule has 3 aromatic rings. The van der Waals surface area contributed by atoms with E-state index in [1.165, 1.54) is 30.3 Å². The molecule has 0 bridgehead atoms. The molecule has 10 heteroatoms. The minimum Gasteiger partial charge on any atom is -0.321 e. The van der Waals surface area contributed by atoms with Gasteiger partial charge < -0.3 is 5.32 Å². The van der Waals surface area contributed by atoms with Crippen molar-refractivity contribution in [2.75, 3.05) is 10.0 Å².